The van der Waals surface area contributed by atoms with Gasteiger partial charge in [-0.15, -0.1) is 0 Å². The van der Waals surface area contributed by atoms with Gasteiger partial charge in [0, 0.05) is 12.6 Å². The van der Waals surface area contributed by atoms with Crippen molar-refractivity contribution in [2.75, 3.05) is 6.54 Å². The first kappa shape index (κ1) is 12.2. The third kappa shape index (κ3) is 1.83. The Hall–Kier alpha value is -1.52. The molecule has 1 saturated carbocycles. The molecule has 4 heteroatoms. The summed E-state index contributed by atoms with van der Waals surface area (Å²) in [7, 11) is 0. The first-order valence-corrected chi connectivity index (χ1v) is 7.43. The Bertz CT molecular complexity index is 570. The van der Waals surface area contributed by atoms with E-state index in [1.807, 2.05) is 0 Å². The fraction of sp³-hybridized carbons (Fsp3) is 0.500. The fourth-order valence-electron chi connectivity index (χ4n) is 4.18. The molecule has 1 aromatic rings. The van der Waals surface area contributed by atoms with E-state index in [4.69, 9.17) is 0 Å². The fourth-order valence-corrected chi connectivity index (χ4v) is 4.18. The van der Waals surface area contributed by atoms with E-state index in [1.54, 1.807) is 12.1 Å². The maximum atomic E-state index is 9.85. The van der Waals surface area contributed by atoms with Crippen molar-refractivity contribution >= 4 is 6.08 Å². The molecule has 0 spiro atoms. The third-order valence-electron chi connectivity index (χ3n) is 5.22. The summed E-state index contributed by atoms with van der Waals surface area (Å²) >= 11 is 0. The summed E-state index contributed by atoms with van der Waals surface area (Å²) in [5.41, 5.74) is 8.93. The summed E-state index contributed by atoms with van der Waals surface area (Å²) in [4.78, 5) is 0. The molecule has 20 heavy (non-hydrogen) atoms. The van der Waals surface area contributed by atoms with E-state index in [0.29, 0.717) is 23.8 Å². The highest BCUT2D eigenvalue weighted by Gasteiger charge is 2.40. The number of hydrazine groups is 1. The van der Waals surface area contributed by atoms with Crippen LogP contribution in [0, 0.1) is 11.8 Å². The molecule has 2 aliphatic carbocycles. The zero-order valence-corrected chi connectivity index (χ0v) is 11.3. The zero-order valence-electron chi connectivity index (χ0n) is 11.3. The van der Waals surface area contributed by atoms with Gasteiger partial charge in [0.05, 0.1) is 0 Å². The van der Waals surface area contributed by atoms with Crippen molar-refractivity contribution in [2.45, 2.75) is 31.2 Å². The molecule has 2 fully saturated rings. The van der Waals surface area contributed by atoms with E-state index in [0.717, 1.165) is 24.9 Å². The first-order chi connectivity index (χ1) is 9.72. The predicted octanol–water partition coefficient (Wildman–Crippen LogP) is 2.10. The van der Waals surface area contributed by atoms with Gasteiger partial charge < -0.3 is 10.2 Å². The molecule has 3 aliphatic rings. The van der Waals surface area contributed by atoms with Crippen LogP contribution in [0.5, 0.6) is 11.5 Å². The van der Waals surface area contributed by atoms with Crippen LogP contribution in [0.3, 0.4) is 0 Å². The topological polar surface area (TPSA) is 64.5 Å². The number of rotatable bonds is 0. The number of phenolic OH excluding ortho intramolecular Hbond substituents is 2. The highest BCUT2D eigenvalue weighted by Crippen LogP contribution is 2.47. The number of hydrogen-bond acceptors (Lipinski definition) is 4. The molecule has 4 atom stereocenters. The van der Waals surface area contributed by atoms with Crippen molar-refractivity contribution in [3.8, 4) is 11.5 Å². The van der Waals surface area contributed by atoms with Gasteiger partial charge >= 0.3 is 0 Å². The number of nitrogens with one attached hydrogen (secondary N) is 2. The van der Waals surface area contributed by atoms with Crippen LogP contribution in [0.1, 0.15) is 36.3 Å². The third-order valence-corrected chi connectivity index (χ3v) is 5.22. The quantitative estimate of drug-likeness (QED) is 0.546. The summed E-state index contributed by atoms with van der Waals surface area (Å²) < 4.78 is 0. The van der Waals surface area contributed by atoms with Crippen molar-refractivity contribution in [3.05, 3.63) is 29.3 Å². The molecule has 1 aromatic carbocycles. The first-order valence-electron chi connectivity index (χ1n) is 7.43. The van der Waals surface area contributed by atoms with Crippen LogP contribution < -0.4 is 10.9 Å². The van der Waals surface area contributed by atoms with Gasteiger partial charge in [-0.25, -0.2) is 0 Å². The molecule has 106 valence electrons. The van der Waals surface area contributed by atoms with Crippen molar-refractivity contribution in [1.29, 1.82) is 0 Å². The minimum Gasteiger partial charge on any atom is -0.504 e. The van der Waals surface area contributed by atoms with Crippen LogP contribution >= 0.6 is 0 Å². The van der Waals surface area contributed by atoms with E-state index >= 15 is 0 Å². The minimum absolute atomic E-state index is 0.00240. The molecule has 1 aliphatic heterocycles. The minimum atomic E-state index is -0.0234. The summed E-state index contributed by atoms with van der Waals surface area (Å²) in [6.07, 6.45) is 7.70. The maximum Gasteiger partial charge on any atom is 0.158 e. The van der Waals surface area contributed by atoms with Gasteiger partial charge in [-0.2, -0.15) is 0 Å². The maximum absolute atomic E-state index is 9.85. The second-order valence-electron chi connectivity index (χ2n) is 6.34. The molecule has 4 N–H and O–H groups in total. The van der Waals surface area contributed by atoms with Gasteiger partial charge in [-0.3, -0.25) is 10.9 Å². The van der Waals surface area contributed by atoms with Gasteiger partial charge in [0.25, 0.3) is 0 Å². The Balaban J connectivity index is 1.75. The average molecular weight is 272 g/mol. The van der Waals surface area contributed by atoms with Crippen molar-refractivity contribution in [3.63, 3.8) is 0 Å². The van der Waals surface area contributed by atoms with Crippen LogP contribution in [0.15, 0.2) is 18.2 Å². The zero-order chi connectivity index (χ0) is 13.7. The number of hydrogen-bond donors (Lipinski definition) is 4. The Morgan fingerprint density at radius 2 is 1.90 bits per heavy atom. The van der Waals surface area contributed by atoms with Crippen molar-refractivity contribution < 1.29 is 10.2 Å². The van der Waals surface area contributed by atoms with Crippen LogP contribution in [0.4, 0.5) is 0 Å². The molecule has 1 heterocycles. The number of fused-ring (bicyclic) bond motifs is 4. The summed E-state index contributed by atoms with van der Waals surface area (Å²) in [6, 6.07) is 4.05. The second-order valence-corrected chi connectivity index (χ2v) is 6.34. The molecule has 4 rings (SSSR count). The molecular formula is C16H20N2O2. The van der Waals surface area contributed by atoms with Crippen molar-refractivity contribution in [1.82, 2.24) is 10.9 Å². The summed E-state index contributed by atoms with van der Waals surface area (Å²) in [5, 5.41) is 19.6. The Morgan fingerprint density at radius 1 is 1.05 bits per heavy atom. The van der Waals surface area contributed by atoms with Gasteiger partial charge in [-0.05, 0) is 60.3 Å². The number of allylic oxidation sites excluding steroid dienone is 1. The lowest BCUT2D eigenvalue weighted by Crippen LogP contribution is -2.38. The highest BCUT2D eigenvalue weighted by atomic mass is 16.3. The van der Waals surface area contributed by atoms with E-state index in [-0.39, 0.29) is 11.5 Å². The lowest BCUT2D eigenvalue weighted by Gasteiger charge is -2.37. The van der Waals surface area contributed by atoms with Gasteiger partial charge in [-0.1, -0.05) is 12.2 Å². The van der Waals surface area contributed by atoms with Crippen molar-refractivity contribution in [2.24, 2.45) is 11.8 Å². The van der Waals surface area contributed by atoms with Crippen LogP contribution in [-0.2, 0) is 0 Å². The van der Waals surface area contributed by atoms with Crippen LogP contribution in [-0.4, -0.2) is 22.8 Å². The number of benzene rings is 1. The monoisotopic (exact) mass is 272 g/mol. The Morgan fingerprint density at radius 3 is 2.80 bits per heavy atom. The molecule has 4 unspecified atom stereocenters. The Kier molecular flexibility index (Phi) is 2.75. The molecule has 0 aromatic heterocycles. The lowest BCUT2D eigenvalue weighted by molar-refractivity contribution is 0.220. The van der Waals surface area contributed by atoms with Crippen LogP contribution in [0.25, 0.3) is 6.08 Å². The normalized spacial score (nSPS) is 35.0. The van der Waals surface area contributed by atoms with Gasteiger partial charge in [0.15, 0.2) is 11.5 Å². The van der Waals surface area contributed by atoms with Gasteiger partial charge in [0.2, 0.25) is 0 Å². The highest BCUT2D eigenvalue weighted by molar-refractivity contribution is 5.61. The van der Waals surface area contributed by atoms with E-state index in [1.165, 1.54) is 12.0 Å². The number of phenols is 2. The lowest BCUT2D eigenvalue weighted by atomic mass is 9.68. The molecule has 0 amide bonds. The summed E-state index contributed by atoms with van der Waals surface area (Å²) in [6.45, 7) is 1.03. The van der Waals surface area contributed by atoms with E-state index in [9.17, 15) is 10.2 Å². The van der Waals surface area contributed by atoms with Crippen LogP contribution in [0.2, 0.25) is 0 Å². The smallest absolute Gasteiger partial charge is 0.158 e. The second kappa shape index (κ2) is 4.50. The molecule has 0 bridgehead atoms. The molecule has 1 saturated heterocycles. The Labute approximate surface area is 118 Å². The number of aromatic hydroxyl groups is 2. The molecular weight excluding hydrogens is 252 g/mol. The average Bonchev–Trinajstić information content (AvgIpc) is 2.82. The van der Waals surface area contributed by atoms with Gasteiger partial charge in [0.1, 0.15) is 0 Å². The van der Waals surface area contributed by atoms with E-state index < -0.39 is 0 Å². The SMILES string of the molecule is Oc1cc2c(cc1O)C1CC3CNNC3CC1CC=C2. The van der Waals surface area contributed by atoms with E-state index in [2.05, 4.69) is 23.0 Å². The summed E-state index contributed by atoms with van der Waals surface area (Å²) in [5.74, 6) is 1.74. The standard InChI is InChI=1S/C16H20N2O2/c19-15-6-10-3-1-2-9-5-14-11(8-17-18-14)4-12(9)13(10)7-16(15)20/h1,3,6-7,9,11-12,14,17-20H,2,4-5,8H2. The molecule has 4 nitrogen and oxygen atoms in total. The largest absolute Gasteiger partial charge is 0.504 e. The predicted molar refractivity (Wildman–Crippen MR) is 77.3 cm³/mol. The molecule has 0 radical (unpaired) electrons.